The number of thiophene rings is 1. The molecule has 9 rings (SSSR count). The van der Waals surface area contributed by atoms with Crippen molar-refractivity contribution >= 4 is 42.4 Å². The lowest BCUT2D eigenvalue weighted by Crippen LogP contribution is -1.97. The van der Waals surface area contributed by atoms with E-state index < -0.39 is 0 Å². The van der Waals surface area contributed by atoms with Gasteiger partial charge in [-0.05, 0) is 69.9 Å². The second-order valence-corrected chi connectivity index (χ2v) is 12.7. The van der Waals surface area contributed by atoms with Crippen LogP contribution in [0.2, 0.25) is 0 Å². The maximum atomic E-state index is 5.20. The van der Waals surface area contributed by atoms with Crippen LogP contribution in [-0.4, -0.2) is 15.0 Å². The normalized spacial score (nSPS) is 11.4. The first-order valence-electron chi connectivity index (χ1n) is 15.7. The van der Waals surface area contributed by atoms with E-state index in [0.717, 1.165) is 55.8 Å². The molecule has 47 heavy (non-hydrogen) atoms. The Balaban J connectivity index is 1.31. The van der Waals surface area contributed by atoms with Crippen LogP contribution in [-0.2, 0) is 0 Å². The maximum absolute atomic E-state index is 5.20. The van der Waals surface area contributed by atoms with Crippen LogP contribution in [0.1, 0.15) is 0 Å². The molecular formula is C43H27N3S. The molecule has 0 N–H and O–H groups in total. The fraction of sp³-hybridized carbons (Fsp3) is 0. The van der Waals surface area contributed by atoms with Crippen LogP contribution in [0.5, 0.6) is 0 Å². The Morgan fingerprint density at radius 2 is 1.06 bits per heavy atom. The first-order chi connectivity index (χ1) is 23.3. The van der Waals surface area contributed by atoms with Gasteiger partial charge in [0.05, 0.1) is 21.6 Å². The van der Waals surface area contributed by atoms with Crippen molar-refractivity contribution in [2.75, 3.05) is 0 Å². The van der Waals surface area contributed by atoms with Gasteiger partial charge in [0.1, 0.15) is 0 Å². The zero-order chi connectivity index (χ0) is 31.2. The smallest absolute Gasteiger partial charge is 0.160 e. The minimum atomic E-state index is 0.690. The van der Waals surface area contributed by atoms with Crippen molar-refractivity contribution in [2.45, 2.75) is 0 Å². The number of rotatable bonds is 5. The van der Waals surface area contributed by atoms with E-state index in [9.17, 15) is 0 Å². The van der Waals surface area contributed by atoms with Gasteiger partial charge >= 0.3 is 0 Å². The monoisotopic (exact) mass is 617 g/mol. The van der Waals surface area contributed by atoms with Crippen molar-refractivity contribution in [3.63, 3.8) is 0 Å². The molecule has 3 heterocycles. The van der Waals surface area contributed by atoms with Gasteiger partial charge in [-0.2, -0.15) is 0 Å². The van der Waals surface area contributed by atoms with Crippen LogP contribution in [0.15, 0.2) is 164 Å². The zero-order valence-corrected chi connectivity index (χ0v) is 26.2. The third-order valence-corrected chi connectivity index (χ3v) is 9.90. The van der Waals surface area contributed by atoms with Gasteiger partial charge in [0.25, 0.3) is 0 Å². The molecule has 6 aromatic carbocycles. The van der Waals surface area contributed by atoms with E-state index >= 15 is 0 Å². The molecule has 0 bridgehead atoms. The number of pyridine rings is 1. The lowest BCUT2D eigenvalue weighted by molar-refractivity contribution is 1.18. The largest absolute Gasteiger partial charge is 0.255 e. The summed E-state index contributed by atoms with van der Waals surface area (Å²) in [5, 5.41) is 3.62. The second kappa shape index (κ2) is 11.4. The van der Waals surface area contributed by atoms with Crippen molar-refractivity contribution in [1.29, 1.82) is 0 Å². The van der Waals surface area contributed by atoms with E-state index in [4.69, 9.17) is 15.0 Å². The van der Waals surface area contributed by atoms with Gasteiger partial charge in [-0.3, -0.25) is 4.98 Å². The van der Waals surface area contributed by atoms with E-state index in [-0.39, 0.29) is 0 Å². The quantitative estimate of drug-likeness (QED) is 0.193. The van der Waals surface area contributed by atoms with E-state index in [1.54, 1.807) is 11.3 Å². The van der Waals surface area contributed by atoms with Crippen LogP contribution >= 0.6 is 11.3 Å². The van der Waals surface area contributed by atoms with Crippen molar-refractivity contribution in [2.24, 2.45) is 0 Å². The Bertz CT molecular complexity index is 2510. The van der Waals surface area contributed by atoms with Gasteiger partial charge in [-0.25, -0.2) is 9.97 Å². The number of aromatic nitrogens is 3. The fourth-order valence-corrected chi connectivity index (χ4v) is 7.57. The summed E-state index contributed by atoms with van der Waals surface area (Å²) in [5.41, 5.74) is 10.4. The summed E-state index contributed by atoms with van der Waals surface area (Å²) >= 11 is 1.79. The summed E-state index contributed by atoms with van der Waals surface area (Å²) in [4.78, 5) is 15.2. The lowest BCUT2D eigenvalue weighted by atomic mass is 9.94. The fourth-order valence-electron chi connectivity index (χ4n) is 6.37. The Kier molecular flexibility index (Phi) is 6.65. The average Bonchev–Trinajstić information content (AvgIpc) is 3.54. The molecular weight excluding hydrogens is 591 g/mol. The lowest BCUT2D eigenvalue weighted by Gasteiger charge is -2.14. The summed E-state index contributed by atoms with van der Waals surface area (Å²) < 4.78 is 2.42. The molecule has 0 aliphatic heterocycles. The third-order valence-electron chi connectivity index (χ3n) is 8.71. The highest BCUT2D eigenvalue weighted by Crippen LogP contribution is 2.41. The highest BCUT2D eigenvalue weighted by Gasteiger charge is 2.17. The second-order valence-electron chi connectivity index (χ2n) is 11.7. The number of nitrogens with zero attached hydrogens (tertiary/aromatic N) is 3. The number of fused-ring (bicyclic) bond motifs is 4. The van der Waals surface area contributed by atoms with Crippen molar-refractivity contribution in [3.8, 4) is 56.2 Å². The van der Waals surface area contributed by atoms with Gasteiger partial charge in [-0.1, -0.05) is 115 Å². The number of hydrogen-bond donors (Lipinski definition) is 0. The van der Waals surface area contributed by atoms with Crippen LogP contribution in [0.25, 0.3) is 87.2 Å². The predicted molar refractivity (Wildman–Crippen MR) is 197 cm³/mol. The van der Waals surface area contributed by atoms with Crippen molar-refractivity contribution in [3.05, 3.63) is 164 Å². The third kappa shape index (κ3) is 5.05. The topological polar surface area (TPSA) is 38.7 Å². The Morgan fingerprint density at radius 3 is 1.83 bits per heavy atom. The molecule has 3 aromatic heterocycles. The summed E-state index contributed by atoms with van der Waals surface area (Å²) in [5.74, 6) is 0.690. The van der Waals surface area contributed by atoms with E-state index in [0.29, 0.717) is 5.82 Å². The molecule has 0 fully saturated rings. The Hall–Kier alpha value is -5.97. The Morgan fingerprint density at radius 1 is 0.426 bits per heavy atom. The van der Waals surface area contributed by atoms with Crippen LogP contribution < -0.4 is 0 Å². The van der Waals surface area contributed by atoms with Crippen molar-refractivity contribution < 1.29 is 0 Å². The maximum Gasteiger partial charge on any atom is 0.160 e. The van der Waals surface area contributed by atoms with Crippen LogP contribution in [0.3, 0.4) is 0 Å². The summed E-state index contributed by atoms with van der Waals surface area (Å²) in [6.07, 6.45) is 1.93. The van der Waals surface area contributed by atoms with Crippen LogP contribution in [0.4, 0.5) is 0 Å². The number of hydrogen-bond acceptors (Lipinski definition) is 4. The molecule has 0 radical (unpaired) electrons. The SMILES string of the molecule is c1ccc(-c2cc(-c3ccccc3)nc(-c3cc(-c4ccc5ccccc5c4)cc(-c4ccnc5c4sc4ccccc45)c3)n2)cc1. The first kappa shape index (κ1) is 27.3. The molecule has 4 heteroatoms. The van der Waals surface area contributed by atoms with Gasteiger partial charge in [-0.15, -0.1) is 11.3 Å². The van der Waals surface area contributed by atoms with E-state index in [2.05, 4.69) is 146 Å². The minimum Gasteiger partial charge on any atom is -0.255 e. The molecule has 0 amide bonds. The molecule has 9 aromatic rings. The van der Waals surface area contributed by atoms with Gasteiger partial charge in [0.15, 0.2) is 5.82 Å². The summed E-state index contributed by atoms with van der Waals surface area (Å²) in [6, 6.07) is 55.4. The molecule has 0 spiro atoms. The van der Waals surface area contributed by atoms with Gasteiger partial charge < -0.3 is 0 Å². The highest BCUT2D eigenvalue weighted by molar-refractivity contribution is 7.26. The molecule has 0 aliphatic carbocycles. The average molecular weight is 618 g/mol. The Labute approximate surface area is 276 Å². The molecule has 0 saturated carbocycles. The molecule has 0 aliphatic rings. The molecule has 0 saturated heterocycles. The molecule has 0 unspecified atom stereocenters. The number of benzene rings is 6. The van der Waals surface area contributed by atoms with E-state index in [1.807, 2.05) is 18.3 Å². The van der Waals surface area contributed by atoms with E-state index in [1.165, 1.54) is 25.6 Å². The van der Waals surface area contributed by atoms with Crippen molar-refractivity contribution in [1.82, 2.24) is 15.0 Å². The molecule has 0 atom stereocenters. The van der Waals surface area contributed by atoms with Gasteiger partial charge in [0, 0.05) is 38.5 Å². The standard InChI is InChI=1S/C43H27N3S/c1-3-12-29(13-4-1)38-27-39(30-14-5-2-6-15-30)46-43(45-38)35-25-33(32-20-19-28-11-7-8-16-31(28)23-32)24-34(26-35)36-21-22-44-41-37-17-9-10-18-40(37)47-42(36)41/h1-27H. The first-order valence-corrected chi connectivity index (χ1v) is 16.5. The summed E-state index contributed by atoms with van der Waals surface area (Å²) in [7, 11) is 0. The molecule has 220 valence electrons. The predicted octanol–water partition coefficient (Wildman–Crippen LogP) is 11.7. The zero-order valence-electron chi connectivity index (χ0n) is 25.3. The molecule has 3 nitrogen and oxygen atoms in total. The van der Waals surface area contributed by atoms with Crippen LogP contribution in [0, 0.1) is 0 Å². The minimum absolute atomic E-state index is 0.690. The summed E-state index contributed by atoms with van der Waals surface area (Å²) in [6.45, 7) is 0. The van der Waals surface area contributed by atoms with Gasteiger partial charge in [0.2, 0.25) is 0 Å². The highest BCUT2D eigenvalue weighted by atomic mass is 32.1.